The summed E-state index contributed by atoms with van der Waals surface area (Å²) in [7, 11) is -4.04. The van der Waals surface area contributed by atoms with Crippen LogP contribution in [0.25, 0.3) is 10.1 Å². The molecule has 0 amide bonds. The predicted octanol–water partition coefficient (Wildman–Crippen LogP) is 3.95. The number of thiophene rings is 1. The minimum absolute atomic E-state index is 0. The molecule has 1 aliphatic heterocycles. The second-order valence-electron chi connectivity index (χ2n) is 6.53. The van der Waals surface area contributed by atoms with Crippen LogP contribution in [0.3, 0.4) is 0 Å². The Labute approximate surface area is 181 Å². The number of sulfonamides is 1. The third-order valence-electron chi connectivity index (χ3n) is 4.53. The molecule has 1 aromatic carbocycles. The van der Waals surface area contributed by atoms with E-state index in [0.29, 0.717) is 11.2 Å². The van der Waals surface area contributed by atoms with Crippen LogP contribution in [0.1, 0.15) is 5.56 Å². The van der Waals surface area contributed by atoms with Gasteiger partial charge in [0.1, 0.15) is 10.0 Å². The van der Waals surface area contributed by atoms with Gasteiger partial charge >= 0.3 is 6.18 Å². The lowest BCUT2D eigenvalue weighted by Gasteiger charge is -2.28. The van der Waals surface area contributed by atoms with Crippen molar-refractivity contribution < 1.29 is 21.6 Å². The van der Waals surface area contributed by atoms with E-state index in [1.54, 1.807) is 12.3 Å². The van der Waals surface area contributed by atoms with Crippen molar-refractivity contribution in [3.8, 4) is 0 Å². The standard InChI is InChI=1S/C18H17F3N4O2S2.ClH/c19-18(20,21)12-2-1-3-13(10-12)24-29(26,27)16-11-14-15(28-16)4-5-23-17(14)25-8-6-22-7-9-25;/h1-5,10-11,22,24H,6-9H2;1H. The number of anilines is 2. The average molecular weight is 479 g/mol. The summed E-state index contributed by atoms with van der Waals surface area (Å²) in [4.78, 5) is 6.50. The SMILES string of the molecule is Cl.O=S(=O)(Nc1cccc(C(F)(F)F)c1)c1cc2c(N3CCNCC3)nccc2s1. The van der Waals surface area contributed by atoms with Gasteiger partial charge in [-0.1, -0.05) is 6.07 Å². The highest BCUT2D eigenvalue weighted by Crippen LogP contribution is 2.36. The minimum atomic E-state index is -4.55. The van der Waals surface area contributed by atoms with Crippen molar-refractivity contribution in [3.05, 3.63) is 48.2 Å². The topological polar surface area (TPSA) is 74.3 Å². The van der Waals surface area contributed by atoms with Gasteiger partial charge in [-0.05, 0) is 30.3 Å². The van der Waals surface area contributed by atoms with Crippen molar-refractivity contribution in [2.24, 2.45) is 0 Å². The normalized spacial score (nSPS) is 15.1. The van der Waals surface area contributed by atoms with E-state index in [1.165, 1.54) is 12.1 Å². The number of halogens is 4. The van der Waals surface area contributed by atoms with E-state index in [-0.39, 0.29) is 22.3 Å². The van der Waals surface area contributed by atoms with E-state index in [9.17, 15) is 21.6 Å². The molecule has 1 fully saturated rings. The lowest BCUT2D eigenvalue weighted by atomic mass is 10.2. The number of aromatic nitrogens is 1. The van der Waals surface area contributed by atoms with Crippen LogP contribution in [0.5, 0.6) is 0 Å². The van der Waals surface area contributed by atoms with Gasteiger partial charge in [0.25, 0.3) is 10.0 Å². The zero-order chi connectivity index (χ0) is 20.6. The summed E-state index contributed by atoms with van der Waals surface area (Å²) >= 11 is 1.06. The number of fused-ring (bicyclic) bond motifs is 1. The van der Waals surface area contributed by atoms with Gasteiger partial charge in [-0.15, -0.1) is 23.7 Å². The Balaban J connectivity index is 0.00000256. The highest BCUT2D eigenvalue weighted by Gasteiger charge is 2.31. The lowest BCUT2D eigenvalue weighted by molar-refractivity contribution is -0.137. The smallest absolute Gasteiger partial charge is 0.354 e. The van der Waals surface area contributed by atoms with E-state index in [0.717, 1.165) is 60.4 Å². The molecule has 0 radical (unpaired) electrons. The zero-order valence-corrected chi connectivity index (χ0v) is 17.9. The number of hydrogen-bond acceptors (Lipinski definition) is 6. The zero-order valence-electron chi connectivity index (χ0n) is 15.4. The van der Waals surface area contributed by atoms with Crippen molar-refractivity contribution in [1.82, 2.24) is 10.3 Å². The van der Waals surface area contributed by atoms with Gasteiger partial charge in [0, 0.05) is 48.1 Å². The van der Waals surface area contributed by atoms with Crippen LogP contribution < -0.4 is 14.9 Å². The number of hydrogen-bond donors (Lipinski definition) is 2. The number of pyridine rings is 1. The van der Waals surface area contributed by atoms with Crippen LogP contribution >= 0.6 is 23.7 Å². The Morgan fingerprint density at radius 3 is 2.57 bits per heavy atom. The first kappa shape index (κ1) is 22.6. The number of benzene rings is 1. The number of rotatable bonds is 4. The first-order valence-electron chi connectivity index (χ1n) is 8.78. The molecule has 0 unspecified atom stereocenters. The summed E-state index contributed by atoms with van der Waals surface area (Å²) in [5, 5.41) is 3.96. The molecule has 2 aromatic heterocycles. The third-order valence-corrected chi connectivity index (χ3v) is 7.48. The quantitative estimate of drug-likeness (QED) is 0.594. The largest absolute Gasteiger partial charge is 0.416 e. The van der Waals surface area contributed by atoms with Gasteiger partial charge in [0.15, 0.2) is 0 Å². The Morgan fingerprint density at radius 1 is 1.13 bits per heavy atom. The van der Waals surface area contributed by atoms with Crippen LogP contribution in [0, 0.1) is 0 Å². The average Bonchev–Trinajstić information content (AvgIpc) is 3.13. The van der Waals surface area contributed by atoms with Gasteiger partial charge in [-0.25, -0.2) is 13.4 Å². The van der Waals surface area contributed by atoms with Crippen molar-refractivity contribution in [2.45, 2.75) is 10.4 Å². The number of nitrogens with one attached hydrogen (secondary N) is 2. The molecule has 30 heavy (non-hydrogen) atoms. The molecule has 4 rings (SSSR count). The maximum atomic E-state index is 12.9. The molecular formula is C18H18ClF3N4O2S2. The van der Waals surface area contributed by atoms with E-state index in [2.05, 4.69) is 19.9 Å². The van der Waals surface area contributed by atoms with E-state index >= 15 is 0 Å². The predicted molar refractivity (Wildman–Crippen MR) is 114 cm³/mol. The van der Waals surface area contributed by atoms with Crippen molar-refractivity contribution in [2.75, 3.05) is 35.8 Å². The Bertz CT molecular complexity index is 1150. The van der Waals surface area contributed by atoms with Crippen molar-refractivity contribution in [3.63, 3.8) is 0 Å². The molecule has 0 saturated carbocycles. The second kappa shape index (κ2) is 8.58. The molecule has 12 heteroatoms. The van der Waals surface area contributed by atoms with Gasteiger partial charge < -0.3 is 10.2 Å². The highest BCUT2D eigenvalue weighted by molar-refractivity contribution is 7.94. The first-order chi connectivity index (χ1) is 13.7. The maximum absolute atomic E-state index is 12.9. The van der Waals surface area contributed by atoms with Crippen molar-refractivity contribution in [1.29, 1.82) is 0 Å². The number of piperazine rings is 1. The van der Waals surface area contributed by atoms with E-state index in [4.69, 9.17) is 0 Å². The molecule has 0 spiro atoms. The molecule has 6 nitrogen and oxygen atoms in total. The number of nitrogens with zero attached hydrogens (tertiary/aromatic N) is 2. The highest BCUT2D eigenvalue weighted by atomic mass is 35.5. The fourth-order valence-corrected chi connectivity index (χ4v) is 5.58. The molecule has 0 bridgehead atoms. The van der Waals surface area contributed by atoms with Gasteiger partial charge in [0.05, 0.1) is 5.56 Å². The summed E-state index contributed by atoms with van der Waals surface area (Å²) in [5.41, 5.74) is -1.06. The van der Waals surface area contributed by atoms with Crippen LogP contribution in [-0.2, 0) is 16.2 Å². The fourth-order valence-electron chi connectivity index (χ4n) is 3.15. The summed E-state index contributed by atoms with van der Waals surface area (Å²) in [6.07, 6.45) is -2.92. The van der Waals surface area contributed by atoms with Crippen LogP contribution in [-0.4, -0.2) is 39.6 Å². The molecule has 0 aliphatic carbocycles. The van der Waals surface area contributed by atoms with Gasteiger partial charge in [-0.3, -0.25) is 4.72 Å². The summed E-state index contributed by atoms with van der Waals surface area (Å²) < 4.78 is 67.3. The van der Waals surface area contributed by atoms with Crippen LogP contribution in [0.2, 0.25) is 0 Å². The van der Waals surface area contributed by atoms with Crippen molar-refractivity contribution >= 4 is 55.4 Å². The van der Waals surface area contributed by atoms with E-state index < -0.39 is 21.8 Å². The Morgan fingerprint density at radius 2 is 1.87 bits per heavy atom. The Kier molecular flexibility index (Phi) is 6.46. The van der Waals surface area contributed by atoms with Gasteiger partial charge in [0.2, 0.25) is 0 Å². The minimum Gasteiger partial charge on any atom is -0.354 e. The molecule has 1 aliphatic rings. The second-order valence-corrected chi connectivity index (χ2v) is 9.53. The van der Waals surface area contributed by atoms with Gasteiger partial charge in [-0.2, -0.15) is 13.2 Å². The third kappa shape index (κ3) is 4.64. The molecule has 1 saturated heterocycles. The molecule has 0 atom stereocenters. The fraction of sp³-hybridized carbons (Fsp3) is 0.278. The molecule has 3 aromatic rings. The monoisotopic (exact) mass is 478 g/mol. The summed E-state index contributed by atoms with van der Waals surface area (Å²) in [6.45, 7) is 3.13. The summed E-state index contributed by atoms with van der Waals surface area (Å²) in [5.74, 6) is 0.709. The maximum Gasteiger partial charge on any atom is 0.416 e. The molecule has 162 valence electrons. The van der Waals surface area contributed by atoms with E-state index in [1.807, 2.05) is 0 Å². The molecular weight excluding hydrogens is 461 g/mol. The lowest BCUT2D eigenvalue weighted by Crippen LogP contribution is -2.43. The summed E-state index contributed by atoms with van der Waals surface area (Å²) in [6, 6.07) is 7.38. The first-order valence-corrected chi connectivity index (χ1v) is 11.1. The Hall–Kier alpha value is -2.08. The van der Waals surface area contributed by atoms with Crippen LogP contribution in [0.4, 0.5) is 24.7 Å². The molecule has 3 heterocycles. The van der Waals surface area contributed by atoms with Crippen LogP contribution in [0.15, 0.2) is 46.8 Å². The number of alkyl halides is 3. The molecule has 2 N–H and O–H groups in total.